The van der Waals surface area contributed by atoms with Crippen LogP contribution in [0.25, 0.3) is 0 Å². The van der Waals surface area contributed by atoms with Crippen LogP contribution < -0.4 is 4.48 Å². The number of quaternary nitrogens is 1. The highest BCUT2D eigenvalue weighted by molar-refractivity contribution is 5.73. The van der Waals surface area contributed by atoms with Crippen molar-refractivity contribution in [1.82, 2.24) is 4.48 Å². The molecule has 3 aromatic carbocycles. The molecule has 24 heavy (non-hydrogen) atoms. The van der Waals surface area contributed by atoms with Crippen LogP contribution in [-0.2, 0) is 4.79 Å². The fourth-order valence-corrected chi connectivity index (χ4v) is 3.15. The van der Waals surface area contributed by atoms with E-state index in [2.05, 4.69) is 36.4 Å². The third kappa shape index (κ3) is 3.07. The van der Waals surface area contributed by atoms with E-state index in [0.717, 1.165) is 17.1 Å². The summed E-state index contributed by atoms with van der Waals surface area (Å²) in [4.78, 5) is 11.3. The first kappa shape index (κ1) is 16.0. The summed E-state index contributed by atoms with van der Waals surface area (Å²) in [5.74, 6) is -0.791. The van der Waals surface area contributed by atoms with Crippen LogP contribution in [0.4, 0.5) is 17.1 Å². The van der Waals surface area contributed by atoms with Crippen LogP contribution >= 0.6 is 0 Å². The number of rotatable bonds is 6. The Morgan fingerprint density at radius 1 is 0.667 bits per heavy atom. The second-order valence-corrected chi connectivity index (χ2v) is 5.68. The van der Waals surface area contributed by atoms with Gasteiger partial charge in [-0.25, -0.2) is 4.48 Å². The molecule has 3 heteroatoms. The van der Waals surface area contributed by atoms with E-state index < -0.39 is 5.97 Å². The summed E-state index contributed by atoms with van der Waals surface area (Å²) in [5.41, 5.74) is 3.16. The topological polar surface area (TPSA) is 37.3 Å². The quantitative estimate of drug-likeness (QED) is 0.640. The van der Waals surface area contributed by atoms with Crippen molar-refractivity contribution in [3.05, 3.63) is 91.0 Å². The molecule has 3 aromatic rings. The molecule has 3 rings (SSSR count). The zero-order chi connectivity index (χ0) is 16.8. The Labute approximate surface area is 142 Å². The molecule has 0 atom stereocenters. The Bertz CT molecular complexity index is 689. The summed E-state index contributed by atoms with van der Waals surface area (Å²) in [5, 5.41) is 9.31. The molecule has 0 amide bonds. The summed E-state index contributed by atoms with van der Waals surface area (Å²) >= 11 is 0. The van der Waals surface area contributed by atoms with Gasteiger partial charge in [0, 0.05) is 0 Å². The van der Waals surface area contributed by atoms with Crippen molar-refractivity contribution in [3.63, 3.8) is 0 Å². The number of para-hydroxylation sites is 3. The third-order valence-electron chi connectivity index (χ3n) is 4.25. The van der Waals surface area contributed by atoms with E-state index in [1.807, 2.05) is 54.6 Å². The highest BCUT2D eigenvalue weighted by Gasteiger charge is 2.36. The van der Waals surface area contributed by atoms with Crippen molar-refractivity contribution in [2.45, 2.75) is 6.42 Å². The van der Waals surface area contributed by atoms with Gasteiger partial charge in [-0.1, -0.05) is 54.6 Å². The number of carboxylic acid groups (broad SMARTS) is 1. The Morgan fingerprint density at radius 2 is 1.00 bits per heavy atom. The highest BCUT2D eigenvalue weighted by Crippen LogP contribution is 2.43. The largest absolute Gasteiger partial charge is 0.481 e. The number of carbonyl (C=O) groups is 1. The van der Waals surface area contributed by atoms with E-state index in [4.69, 9.17) is 0 Å². The third-order valence-corrected chi connectivity index (χ3v) is 4.25. The molecule has 0 spiro atoms. The Kier molecular flexibility index (Phi) is 4.73. The maximum Gasteiger partial charge on any atom is 0.309 e. The predicted octanol–water partition coefficient (Wildman–Crippen LogP) is 5.13. The summed E-state index contributed by atoms with van der Waals surface area (Å²) in [6.07, 6.45) is 0.0820. The molecule has 0 aromatic heterocycles. The Balaban J connectivity index is 2.26. The first-order valence-electron chi connectivity index (χ1n) is 8.00. The minimum atomic E-state index is -0.791. The smallest absolute Gasteiger partial charge is 0.309 e. The van der Waals surface area contributed by atoms with Gasteiger partial charge in [0.1, 0.15) is 23.6 Å². The first-order chi connectivity index (χ1) is 11.7. The molecule has 0 bridgehead atoms. The van der Waals surface area contributed by atoms with E-state index in [-0.39, 0.29) is 6.42 Å². The molecule has 0 saturated heterocycles. The minimum absolute atomic E-state index is 0.0820. The van der Waals surface area contributed by atoms with E-state index in [1.54, 1.807) is 0 Å². The highest BCUT2D eigenvalue weighted by atomic mass is 16.4. The monoisotopic (exact) mass is 318 g/mol. The molecular formula is C21H20NO2+. The van der Waals surface area contributed by atoms with Crippen molar-refractivity contribution >= 4 is 23.0 Å². The standard InChI is InChI=1S/C21H19NO2/c23-21(24)16-17-22(18-10-4-1-5-11-18,19-12-6-2-7-13-19)20-14-8-3-9-15-20/h1-15H,16-17H2/p+1. The van der Waals surface area contributed by atoms with Gasteiger partial charge in [-0.2, -0.15) is 0 Å². The average Bonchev–Trinajstić information content (AvgIpc) is 2.65. The first-order valence-corrected chi connectivity index (χ1v) is 8.00. The number of benzene rings is 3. The summed E-state index contributed by atoms with van der Waals surface area (Å²) in [6, 6.07) is 30.2. The fraction of sp³-hybridized carbons (Fsp3) is 0.0952. The zero-order valence-corrected chi connectivity index (χ0v) is 13.4. The van der Waals surface area contributed by atoms with Gasteiger partial charge in [0.15, 0.2) is 0 Å². The van der Waals surface area contributed by atoms with Crippen LogP contribution in [0.3, 0.4) is 0 Å². The van der Waals surface area contributed by atoms with E-state index in [1.165, 1.54) is 0 Å². The molecule has 0 aliphatic rings. The van der Waals surface area contributed by atoms with Gasteiger partial charge in [-0.05, 0) is 36.4 Å². The number of nitrogens with zero attached hydrogens (tertiary/aromatic N) is 1. The molecular weight excluding hydrogens is 298 g/mol. The molecule has 0 saturated carbocycles. The van der Waals surface area contributed by atoms with Crippen molar-refractivity contribution in [1.29, 1.82) is 0 Å². The fourth-order valence-electron chi connectivity index (χ4n) is 3.15. The zero-order valence-electron chi connectivity index (χ0n) is 13.4. The lowest BCUT2D eigenvalue weighted by Crippen LogP contribution is -2.40. The van der Waals surface area contributed by atoms with Gasteiger partial charge in [-0.3, -0.25) is 4.79 Å². The van der Waals surface area contributed by atoms with Crippen LogP contribution in [0, 0.1) is 0 Å². The lowest BCUT2D eigenvalue weighted by molar-refractivity contribution is -0.137. The van der Waals surface area contributed by atoms with E-state index in [0.29, 0.717) is 11.0 Å². The van der Waals surface area contributed by atoms with Crippen LogP contribution in [0.2, 0.25) is 0 Å². The van der Waals surface area contributed by atoms with Gasteiger partial charge < -0.3 is 5.11 Å². The average molecular weight is 318 g/mol. The molecule has 0 aliphatic carbocycles. The molecule has 3 nitrogen and oxygen atoms in total. The van der Waals surface area contributed by atoms with Crippen LogP contribution in [0.15, 0.2) is 91.0 Å². The van der Waals surface area contributed by atoms with Crippen molar-refractivity contribution in [2.24, 2.45) is 0 Å². The second kappa shape index (κ2) is 7.11. The molecule has 1 N–H and O–H groups in total. The number of carboxylic acids is 1. The number of aliphatic carboxylic acids is 1. The molecule has 0 aliphatic heterocycles. The van der Waals surface area contributed by atoms with Crippen LogP contribution in [0.1, 0.15) is 6.42 Å². The summed E-state index contributed by atoms with van der Waals surface area (Å²) in [6.45, 7) is 0.452. The van der Waals surface area contributed by atoms with Crippen molar-refractivity contribution in [3.8, 4) is 0 Å². The molecule has 0 radical (unpaired) electrons. The molecule has 0 heterocycles. The van der Waals surface area contributed by atoms with Crippen molar-refractivity contribution in [2.75, 3.05) is 6.54 Å². The minimum Gasteiger partial charge on any atom is -0.481 e. The normalized spacial score (nSPS) is 11.2. The Morgan fingerprint density at radius 3 is 1.29 bits per heavy atom. The SMILES string of the molecule is O=C(O)CC[N+](c1ccccc1)(c1ccccc1)c1ccccc1. The molecule has 0 fully saturated rings. The van der Waals surface area contributed by atoms with Gasteiger partial charge in [0.2, 0.25) is 0 Å². The van der Waals surface area contributed by atoms with Gasteiger partial charge >= 0.3 is 5.97 Å². The lowest BCUT2D eigenvalue weighted by Gasteiger charge is -2.37. The van der Waals surface area contributed by atoms with Gasteiger partial charge in [0.25, 0.3) is 0 Å². The number of hydrogen-bond acceptors (Lipinski definition) is 1. The lowest BCUT2D eigenvalue weighted by atomic mass is 10.1. The Hall–Kier alpha value is -2.91. The predicted molar refractivity (Wildman–Crippen MR) is 97.6 cm³/mol. The summed E-state index contributed by atoms with van der Waals surface area (Å²) < 4.78 is 0.384. The molecule has 120 valence electrons. The second-order valence-electron chi connectivity index (χ2n) is 5.68. The van der Waals surface area contributed by atoms with Crippen molar-refractivity contribution < 1.29 is 9.90 Å². The number of hydrogen-bond donors (Lipinski definition) is 1. The molecule has 0 unspecified atom stereocenters. The summed E-state index contributed by atoms with van der Waals surface area (Å²) in [7, 11) is 0. The van der Waals surface area contributed by atoms with E-state index in [9.17, 15) is 9.90 Å². The van der Waals surface area contributed by atoms with Gasteiger partial charge in [0.05, 0.1) is 6.42 Å². The van der Waals surface area contributed by atoms with Crippen LogP contribution in [-0.4, -0.2) is 17.6 Å². The maximum absolute atomic E-state index is 11.3. The maximum atomic E-state index is 11.3. The van der Waals surface area contributed by atoms with Gasteiger partial charge in [-0.15, -0.1) is 0 Å². The van der Waals surface area contributed by atoms with E-state index >= 15 is 0 Å². The van der Waals surface area contributed by atoms with Crippen LogP contribution in [0.5, 0.6) is 0 Å².